The van der Waals surface area contributed by atoms with Gasteiger partial charge < -0.3 is 4.74 Å². The van der Waals surface area contributed by atoms with E-state index in [-0.39, 0.29) is 11.9 Å². The van der Waals surface area contributed by atoms with Crippen LogP contribution in [-0.2, 0) is 14.3 Å². The van der Waals surface area contributed by atoms with Crippen LogP contribution in [0.2, 0.25) is 0 Å². The number of rotatable bonds is 9. The molecule has 0 unspecified atom stereocenters. The topological polar surface area (TPSA) is 58.6 Å². The minimum atomic E-state index is -0.498. The van der Waals surface area contributed by atoms with Gasteiger partial charge in [0.15, 0.2) is 0 Å². The molecule has 1 aliphatic rings. The Bertz CT molecular complexity index is 642. The Morgan fingerprint density at radius 1 is 1.21 bits per heavy atom. The Balaban J connectivity index is 2.12. The Morgan fingerprint density at radius 3 is 2.57 bits per heavy atom. The van der Waals surface area contributed by atoms with Gasteiger partial charge in [0.2, 0.25) is 5.91 Å². The van der Waals surface area contributed by atoms with Crippen LogP contribution < -0.4 is 5.43 Å². The van der Waals surface area contributed by atoms with Crippen LogP contribution in [0, 0.1) is 17.8 Å². The van der Waals surface area contributed by atoms with Crippen molar-refractivity contribution in [3.63, 3.8) is 0 Å². The van der Waals surface area contributed by atoms with Crippen molar-refractivity contribution in [3.8, 4) is 0 Å². The highest BCUT2D eigenvalue weighted by atomic mass is 32.2. The first kappa shape index (κ1) is 22.5. The summed E-state index contributed by atoms with van der Waals surface area (Å²) in [6.07, 6.45) is 7.31. The predicted molar refractivity (Wildman–Crippen MR) is 115 cm³/mol. The van der Waals surface area contributed by atoms with E-state index < -0.39 is 11.8 Å². The first-order valence-electron chi connectivity index (χ1n) is 10.0. The highest BCUT2D eigenvalue weighted by Crippen LogP contribution is 2.27. The number of methoxy groups -OCH3 is 1. The van der Waals surface area contributed by atoms with Crippen LogP contribution in [0.5, 0.6) is 0 Å². The zero-order chi connectivity index (χ0) is 20.4. The number of nitrogens with one attached hydrogen (secondary N) is 1. The highest BCUT2D eigenvalue weighted by Gasteiger charge is 2.35. The summed E-state index contributed by atoms with van der Waals surface area (Å²) in [6, 6.07) is 9.94. The van der Waals surface area contributed by atoms with E-state index in [1.165, 1.54) is 13.5 Å². The van der Waals surface area contributed by atoms with Gasteiger partial charge in [0.1, 0.15) is 0 Å². The Hall–Kier alpha value is -1.79. The second-order valence-corrected chi connectivity index (χ2v) is 8.64. The van der Waals surface area contributed by atoms with E-state index in [0.29, 0.717) is 18.8 Å². The van der Waals surface area contributed by atoms with Gasteiger partial charge in [-0.25, -0.2) is 0 Å². The lowest BCUT2D eigenvalue weighted by Gasteiger charge is -2.30. The SMILES string of the molecule is COC(=O)[C@@H](CC=Cc1ccccc1)[C@H](CC(C)C)C(=O)NN1CCCCS1. The number of carbonyl (C=O) groups is 2. The van der Waals surface area contributed by atoms with Crippen molar-refractivity contribution in [2.75, 3.05) is 19.4 Å². The zero-order valence-electron chi connectivity index (χ0n) is 17.1. The summed E-state index contributed by atoms with van der Waals surface area (Å²) in [5, 5.41) is 0. The molecule has 1 aliphatic heterocycles. The van der Waals surface area contributed by atoms with Crippen LogP contribution in [0.4, 0.5) is 0 Å². The average molecular weight is 405 g/mol. The fourth-order valence-electron chi connectivity index (χ4n) is 3.34. The summed E-state index contributed by atoms with van der Waals surface area (Å²) in [5.74, 6) is -0.0287. The first-order valence-corrected chi connectivity index (χ1v) is 11.0. The fraction of sp³-hybridized carbons (Fsp3) is 0.545. The number of ether oxygens (including phenoxy) is 1. The van der Waals surface area contributed by atoms with Crippen LogP contribution in [0.1, 0.15) is 45.1 Å². The zero-order valence-corrected chi connectivity index (χ0v) is 17.9. The third-order valence-electron chi connectivity index (χ3n) is 4.79. The maximum absolute atomic E-state index is 13.0. The molecule has 1 heterocycles. The van der Waals surface area contributed by atoms with E-state index in [0.717, 1.165) is 24.3 Å². The van der Waals surface area contributed by atoms with Gasteiger partial charge in [-0.15, -0.1) is 0 Å². The standard InChI is InChI=1S/C22H32N2O3S/c1-17(2)16-20(21(25)23-24-14-7-8-15-28-24)19(22(26)27-3)13-9-12-18-10-5-4-6-11-18/h4-6,9-12,17,19-20H,7-8,13-16H2,1-3H3,(H,23,25)/t19-,20-/m0/s1. The number of amides is 1. The molecule has 0 aliphatic carbocycles. The third-order valence-corrected chi connectivity index (χ3v) is 5.85. The Morgan fingerprint density at radius 2 is 1.96 bits per heavy atom. The normalized spacial score (nSPS) is 17.4. The lowest BCUT2D eigenvalue weighted by atomic mass is 9.82. The molecule has 0 aromatic heterocycles. The lowest BCUT2D eigenvalue weighted by molar-refractivity contribution is -0.151. The second kappa shape index (κ2) is 11.9. The van der Waals surface area contributed by atoms with Crippen molar-refractivity contribution < 1.29 is 14.3 Å². The highest BCUT2D eigenvalue weighted by molar-refractivity contribution is 7.97. The molecule has 1 aromatic rings. The number of hydrazine groups is 1. The van der Waals surface area contributed by atoms with Crippen molar-refractivity contribution in [1.29, 1.82) is 0 Å². The summed E-state index contributed by atoms with van der Waals surface area (Å²) in [4.78, 5) is 25.6. The number of nitrogens with zero attached hydrogens (tertiary/aromatic N) is 1. The number of benzene rings is 1. The number of allylic oxidation sites excluding steroid dienone is 1. The lowest BCUT2D eigenvalue weighted by Crippen LogP contribution is -2.46. The van der Waals surface area contributed by atoms with Crippen molar-refractivity contribution in [1.82, 2.24) is 9.84 Å². The number of hydrogen-bond acceptors (Lipinski definition) is 5. The molecule has 1 aromatic carbocycles. The first-order chi connectivity index (χ1) is 13.5. The van der Waals surface area contributed by atoms with Crippen LogP contribution in [0.25, 0.3) is 6.08 Å². The van der Waals surface area contributed by atoms with Gasteiger partial charge in [-0.05, 0) is 37.2 Å². The van der Waals surface area contributed by atoms with Crippen LogP contribution in [0.3, 0.4) is 0 Å². The van der Waals surface area contributed by atoms with E-state index in [2.05, 4.69) is 19.3 Å². The molecule has 2 atom stereocenters. The summed E-state index contributed by atoms with van der Waals surface area (Å²) < 4.78 is 6.96. The molecule has 154 valence electrons. The van der Waals surface area contributed by atoms with Crippen LogP contribution in [0.15, 0.2) is 36.4 Å². The number of esters is 1. The molecule has 0 bridgehead atoms. The predicted octanol–water partition coefficient (Wildman–Crippen LogP) is 4.32. The molecular formula is C22H32N2O3S. The van der Waals surface area contributed by atoms with Gasteiger partial charge >= 0.3 is 5.97 Å². The molecule has 6 heteroatoms. The monoisotopic (exact) mass is 404 g/mol. The van der Waals surface area contributed by atoms with E-state index >= 15 is 0 Å². The number of carbonyl (C=O) groups excluding carboxylic acids is 2. The summed E-state index contributed by atoms with van der Waals surface area (Å²) in [5.41, 5.74) is 4.09. The van der Waals surface area contributed by atoms with Crippen LogP contribution >= 0.6 is 11.9 Å². The Kier molecular flexibility index (Phi) is 9.58. The van der Waals surface area contributed by atoms with E-state index in [1.54, 1.807) is 11.9 Å². The average Bonchev–Trinajstić information content (AvgIpc) is 2.70. The van der Waals surface area contributed by atoms with E-state index in [1.807, 2.05) is 46.9 Å². The number of hydrogen-bond donors (Lipinski definition) is 1. The van der Waals surface area contributed by atoms with Gasteiger partial charge in [-0.3, -0.25) is 15.0 Å². The van der Waals surface area contributed by atoms with E-state index in [4.69, 9.17) is 4.74 Å². The molecule has 1 fully saturated rings. The van der Waals surface area contributed by atoms with Crippen molar-refractivity contribution in [3.05, 3.63) is 42.0 Å². The molecule has 5 nitrogen and oxygen atoms in total. The smallest absolute Gasteiger partial charge is 0.309 e. The minimum absolute atomic E-state index is 0.0911. The third kappa shape index (κ3) is 7.32. The molecule has 28 heavy (non-hydrogen) atoms. The largest absolute Gasteiger partial charge is 0.469 e. The summed E-state index contributed by atoms with van der Waals surface area (Å²) >= 11 is 1.64. The Labute approximate surface area is 173 Å². The molecule has 0 radical (unpaired) electrons. The maximum atomic E-state index is 13.0. The minimum Gasteiger partial charge on any atom is -0.469 e. The molecular weight excluding hydrogens is 372 g/mol. The van der Waals surface area contributed by atoms with Crippen molar-refractivity contribution >= 4 is 29.9 Å². The maximum Gasteiger partial charge on any atom is 0.309 e. The molecule has 0 spiro atoms. The van der Waals surface area contributed by atoms with Gasteiger partial charge in [0.25, 0.3) is 0 Å². The quantitative estimate of drug-likeness (QED) is 0.491. The fourth-order valence-corrected chi connectivity index (χ4v) is 4.31. The summed E-state index contributed by atoms with van der Waals surface area (Å²) in [7, 11) is 1.39. The van der Waals surface area contributed by atoms with Crippen molar-refractivity contribution in [2.24, 2.45) is 17.8 Å². The molecule has 1 N–H and O–H groups in total. The van der Waals surface area contributed by atoms with Gasteiger partial charge in [-0.1, -0.05) is 68.3 Å². The van der Waals surface area contributed by atoms with Gasteiger partial charge in [0, 0.05) is 12.3 Å². The molecule has 2 rings (SSSR count). The van der Waals surface area contributed by atoms with Gasteiger partial charge in [-0.2, -0.15) is 4.41 Å². The molecule has 1 amide bonds. The van der Waals surface area contributed by atoms with Crippen molar-refractivity contribution in [2.45, 2.75) is 39.5 Å². The second-order valence-electron chi connectivity index (χ2n) is 7.53. The van der Waals surface area contributed by atoms with E-state index in [9.17, 15) is 9.59 Å². The van der Waals surface area contributed by atoms with Gasteiger partial charge in [0.05, 0.1) is 18.9 Å². The van der Waals surface area contributed by atoms with Crippen LogP contribution in [-0.4, -0.2) is 35.7 Å². The molecule has 1 saturated heterocycles. The summed E-state index contributed by atoms with van der Waals surface area (Å²) in [6.45, 7) is 4.98. The molecule has 0 saturated carbocycles.